The zero-order valence-corrected chi connectivity index (χ0v) is 14.3. The van der Waals surface area contributed by atoms with Gasteiger partial charge in [0.25, 0.3) is 0 Å². The third-order valence-electron chi connectivity index (χ3n) is 4.06. The lowest BCUT2D eigenvalue weighted by molar-refractivity contribution is 0.282. The smallest absolute Gasteiger partial charge is 0.0431 e. The van der Waals surface area contributed by atoms with Crippen LogP contribution in [0.5, 0.6) is 0 Å². The Hall–Kier alpha value is -1.06. The third-order valence-corrected chi connectivity index (χ3v) is 4.06. The zero-order valence-electron chi connectivity index (χ0n) is 14.3. The number of aliphatic hydroxyl groups excluding tert-OH is 1. The van der Waals surface area contributed by atoms with Gasteiger partial charge in [-0.05, 0) is 50.9 Å². The Morgan fingerprint density at radius 3 is 2.05 bits per heavy atom. The Morgan fingerprint density at radius 2 is 1.41 bits per heavy atom. The second-order valence-electron chi connectivity index (χ2n) is 6.06. The van der Waals surface area contributed by atoms with Crippen LogP contribution in [0, 0.1) is 0 Å². The minimum atomic E-state index is 0.340. The van der Waals surface area contributed by atoms with E-state index in [0.29, 0.717) is 6.61 Å². The Balaban J connectivity index is 1.84. The van der Waals surface area contributed by atoms with Crippen molar-refractivity contribution < 1.29 is 5.11 Å². The van der Waals surface area contributed by atoms with Crippen LogP contribution in [0.25, 0.3) is 0 Å². The van der Waals surface area contributed by atoms with Crippen molar-refractivity contribution in [3.05, 3.63) is 30.3 Å². The van der Waals surface area contributed by atoms with Crippen LogP contribution in [0.15, 0.2) is 30.3 Å². The van der Waals surface area contributed by atoms with E-state index < -0.39 is 0 Å². The van der Waals surface area contributed by atoms with E-state index in [1.165, 1.54) is 44.2 Å². The summed E-state index contributed by atoms with van der Waals surface area (Å²) in [6, 6.07) is 10.6. The quantitative estimate of drug-likeness (QED) is 0.513. The van der Waals surface area contributed by atoms with E-state index >= 15 is 0 Å². The van der Waals surface area contributed by atoms with Crippen molar-refractivity contribution in [3.63, 3.8) is 0 Å². The summed E-state index contributed by atoms with van der Waals surface area (Å²) in [6.07, 6.45) is 9.78. The molecule has 0 fully saturated rings. The first-order valence-electron chi connectivity index (χ1n) is 8.92. The molecular weight excluding hydrogens is 272 g/mol. The van der Waals surface area contributed by atoms with E-state index in [9.17, 15) is 0 Å². The van der Waals surface area contributed by atoms with Gasteiger partial charge >= 0.3 is 0 Å². The maximum Gasteiger partial charge on any atom is 0.0431 e. The summed E-state index contributed by atoms with van der Waals surface area (Å²) in [6.45, 7) is 3.76. The molecule has 0 radical (unpaired) electrons. The van der Waals surface area contributed by atoms with Crippen molar-refractivity contribution in [3.8, 4) is 0 Å². The molecular formula is C19H34N2O. The molecule has 0 saturated carbocycles. The molecule has 0 atom stereocenters. The van der Waals surface area contributed by atoms with Gasteiger partial charge in [-0.3, -0.25) is 0 Å². The van der Waals surface area contributed by atoms with E-state index in [0.717, 1.165) is 32.5 Å². The lowest BCUT2D eigenvalue weighted by Gasteiger charge is -2.18. The van der Waals surface area contributed by atoms with Gasteiger partial charge in [-0.1, -0.05) is 43.9 Å². The van der Waals surface area contributed by atoms with Crippen LogP contribution in [0.4, 0.5) is 5.69 Å². The molecule has 0 heterocycles. The SMILES string of the molecule is CN(CCCCCCNCCCCCCO)c1ccccc1. The molecule has 3 nitrogen and oxygen atoms in total. The second kappa shape index (κ2) is 13.6. The average molecular weight is 306 g/mol. The van der Waals surface area contributed by atoms with Gasteiger partial charge in [0.15, 0.2) is 0 Å². The average Bonchev–Trinajstić information content (AvgIpc) is 2.56. The summed E-state index contributed by atoms with van der Waals surface area (Å²) in [5.74, 6) is 0. The molecule has 3 heteroatoms. The van der Waals surface area contributed by atoms with E-state index in [1.54, 1.807) is 0 Å². The van der Waals surface area contributed by atoms with E-state index in [2.05, 4.69) is 47.6 Å². The van der Waals surface area contributed by atoms with Gasteiger partial charge in [-0.25, -0.2) is 0 Å². The molecule has 0 spiro atoms. The van der Waals surface area contributed by atoms with Crippen molar-refractivity contribution in [2.24, 2.45) is 0 Å². The minimum absolute atomic E-state index is 0.340. The van der Waals surface area contributed by atoms with Crippen molar-refractivity contribution >= 4 is 5.69 Å². The number of aliphatic hydroxyl groups is 1. The molecule has 0 unspecified atom stereocenters. The topological polar surface area (TPSA) is 35.5 Å². The highest BCUT2D eigenvalue weighted by Crippen LogP contribution is 2.12. The Bertz CT molecular complexity index is 343. The molecule has 126 valence electrons. The van der Waals surface area contributed by atoms with Crippen LogP contribution in [0.2, 0.25) is 0 Å². The number of unbranched alkanes of at least 4 members (excludes halogenated alkanes) is 6. The molecule has 1 aromatic carbocycles. The molecule has 22 heavy (non-hydrogen) atoms. The third kappa shape index (κ3) is 9.80. The minimum Gasteiger partial charge on any atom is -0.396 e. The Morgan fingerprint density at radius 1 is 0.818 bits per heavy atom. The molecule has 0 bridgehead atoms. The summed E-state index contributed by atoms with van der Waals surface area (Å²) in [5, 5.41) is 12.2. The largest absolute Gasteiger partial charge is 0.396 e. The highest BCUT2D eigenvalue weighted by molar-refractivity contribution is 5.44. The first-order valence-corrected chi connectivity index (χ1v) is 8.92. The second-order valence-corrected chi connectivity index (χ2v) is 6.06. The molecule has 0 aliphatic carbocycles. The van der Waals surface area contributed by atoms with Crippen LogP contribution < -0.4 is 10.2 Å². The van der Waals surface area contributed by atoms with Crippen molar-refractivity contribution in [1.29, 1.82) is 0 Å². The maximum atomic E-state index is 8.69. The molecule has 0 aromatic heterocycles. The first-order chi connectivity index (χ1) is 10.8. The number of para-hydroxylation sites is 1. The number of hydrogen-bond donors (Lipinski definition) is 2. The van der Waals surface area contributed by atoms with Crippen LogP contribution in [-0.2, 0) is 0 Å². The van der Waals surface area contributed by atoms with Crippen LogP contribution in [0.1, 0.15) is 51.4 Å². The van der Waals surface area contributed by atoms with Gasteiger partial charge in [0.2, 0.25) is 0 Å². The normalized spacial score (nSPS) is 10.8. The fraction of sp³-hybridized carbons (Fsp3) is 0.684. The van der Waals surface area contributed by atoms with Crippen molar-refractivity contribution in [1.82, 2.24) is 5.32 Å². The molecule has 2 N–H and O–H groups in total. The van der Waals surface area contributed by atoms with E-state index in [4.69, 9.17) is 5.11 Å². The monoisotopic (exact) mass is 306 g/mol. The van der Waals surface area contributed by atoms with Gasteiger partial charge in [0.05, 0.1) is 0 Å². The molecule has 0 saturated heterocycles. The number of anilines is 1. The lowest BCUT2D eigenvalue weighted by atomic mass is 10.1. The Kier molecular flexibility index (Phi) is 11.7. The van der Waals surface area contributed by atoms with Crippen molar-refractivity contribution in [2.75, 3.05) is 38.2 Å². The molecule has 0 aliphatic heterocycles. The van der Waals surface area contributed by atoms with E-state index in [-0.39, 0.29) is 0 Å². The highest BCUT2D eigenvalue weighted by atomic mass is 16.2. The number of nitrogens with one attached hydrogen (secondary N) is 1. The number of nitrogens with zero attached hydrogens (tertiary/aromatic N) is 1. The van der Waals surface area contributed by atoms with Gasteiger partial charge in [-0.2, -0.15) is 0 Å². The zero-order chi connectivity index (χ0) is 15.9. The lowest BCUT2D eigenvalue weighted by Crippen LogP contribution is -2.18. The maximum absolute atomic E-state index is 8.69. The number of rotatable bonds is 14. The van der Waals surface area contributed by atoms with Gasteiger partial charge in [-0.15, -0.1) is 0 Å². The molecule has 0 amide bonds. The molecule has 0 aliphatic rings. The number of benzene rings is 1. The summed E-state index contributed by atoms with van der Waals surface area (Å²) in [5.41, 5.74) is 1.31. The summed E-state index contributed by atoms with van der Waals surface area (Å²) >= 11 is 0. The van der Waals surface area contributed by atoms with E-state index in [1.807, 2.05) is 0 Å². The molecule has 1 aromatic rings. The first kappa shape index (κ1) is 19.0. The predicted octanol–water partition coefficient (Wildman–Crippen LogP) is 3.83. The fourth-order valence-electron chi connectivity index (χ4n) is 2.60. The number of hydrogen-bond acceptors (Lipinski definition) is 3. The summed E-state index contributed by atoms with van der Waals surface area (Å²) < 4.78 is 0. The molecule has 1 rings (SSSR count). The highest BCUT2D eigenvalue weighted by Gasteiger charge is 1.99. The van der Waals surface area contributed by atoms with Gasteiger partial charge < -0.3 is 15.3 Å². The van der Waals surface area contributed by atoms with Gasteiger partial charge in [0, 0.05) is 25.9 Å². The predicted molar refractivity (Wildman–Crippen MR) is 96.6 cm³/mol. The Labute approximate surface area is 136 Å². The standard InChI is InChI=1S/C19H34N2O/c1-21(19-13-7-6-8-14-19)17-11-4-2-9-15-20-16-10-3-5-12-18-22/h6-8,13-14,20,22H,2-5,9-12,15-18H2,1H3. The van der Waals surface area contributed by atoms with Crippen LogP contribution in [-0.4, -0.2) is 38.4 Å². The summed E-state index contributed by atoms with van der Waals surface area (Å²) in [7, 11) is 2.17. The van der Waals surface area contributed by atoms with Gasteiger partial charge in [0.1, 0.15) is 0 Å². The van der Waals surface area contributed by atoms with Crippen molar-refractivity contribution in [2.45, 2.75) is 51.4 Å². The summed E-state index contributed by atoms with van der Waals surface area (Å²) in [4.78, 5) is 2.34. The van der Waals surface area contributed by atoms with Crippen LogP contribution in [0.3, 0.4) is 0 Å². The van der Waals surface area contributed by atoms with Crippen LogP contribution >= 0.6 is 0 Å². The fourth-order valence-corrected chi connectivity index (χ4v) is 2.60.